The van der Waals surface area contributed by atoms with Crippen LogP contribution >= 0.6 is 11.3 Å². The summed E-state index contributed by atoms with van der Waals surface area (Å²) in [6.07, 6.45) is 6.69. The Labute approximate surface area is 130 Å². The maximum absolute atomic E-state index is 12.1. The molecule has 118 valence electrons. The predicted octanol–water partition coefficient (Wildman–Crippen LogP) is 2.40. The van der Waals surface area contributed by atoms with E-state index in [1.54, 1.807) is 23.3 Å². The molecule has 1 aromatic heterocycles. The second-order valence-corrected chi connectivity index (χ2v) is 6.92. The van der Waals surface area contributed by atoms with Crippen LogP contribution in [0.2, 0.25) is 0 Å². The summed E-state index contributed by atoms with van der Waals surface area (Å²) in [5.74, 6) is 0.209. The summed E-state index contributed by atoms with van der Waals surface area (Å²) in [6, 6.07) is -0.0963. The van der Waals surface area contributed by atoms with Crippen LogP contribution in [-0.2, 0) is 13.0 Å². The molecular formula is C15H25N3O2S. The fourth-order valence-electron chi connectivity index (χ4n) is 2.72. The highest BCUT2D eigenvalue weighted by atomic mass is 32.1. The monoisotopic (exact) mass is 311 g/mol. The number of aliphatic hydroxyl groups excluding tert-OH is 1. The van der Waals surface area contributed by atoms with E-state index in [-0.39, 0.29) is 18.1 Å². The number of aliphatic hydroxyl groups is 1. The molecule has 1 saturated carbocycles. The van der Waals surface area contributed by atoms with Gasteiger partial charge in [-0.05, 0) is 19.3 Å². The van der Waals surface area contributed by atoms with Crippen molar-refractivity contribution in [3.05, 3.63) is 16.1 Å². The van der Waals surface area contributed by atoms with Gasteiger partial charge in [0.2, 0.25) is 0 Å². The molecule has 0 bridgehead atoms. The molecule has 2 N–H and O–H groups in total. The van der Waals surface area contributed by atoms with Gasteiger partial charge in [-0.2, -0.15) is 0 Å². The van der Waals surface area contributed by atoms with Gasteiger partial charge in [-0.1, -0.05) is 19.8 Å². The molecule has 1 fully saturated rings. The Morgan fingerprint density at radius 2 is 2.29 bits per heavy atom. The SMILES string of the molecule is CCc1cnc(CNC(=O)N(C)CC2CCCCC2O)s1. The summed E-state index contributed by atoms with van der Waals surface area (Å²) < 4.78 is 0. The molecule has 1 heterocycles. The Kier molecular flexibility index (Phi) is 5.99. The highest BCUT2D eigenvalue weighted by Gasteiger charge is 2.25. The number of aryl methyl sites for hydroxylation is 1. The Balaban J connectivity index is 1.76. The Hall–Kier alpha value is -1.14. The van der Waals surface area contributed by atoms with E-state index in [4.69, 9.17) is 0 Å². The first kappa shape index (κ1) is 16.2. The van der Waals surface area contributed by atoms with Crippen LogP contribution in [-0.4, -0.2) is 40.7 Å². The maximum atomic E-state index is 12.1. The average Bonchev–Trinajstić information content (AvgIpc) is 2.95. The molecule has 1 aromatic rings. The van der Waals surface area contributed by atoms with E-state index in [2.05, 4.69) is 17.2 Å². The minimum absolute atomic E-state index is 0.0963. The van der Waals surface area contributed by atoms with Gasteiger partial charge in [-0.3, -0.25) is 0 Å². The standard InChI is InChI=1S/C15H25N3O2S/c1-3-12-8-16-14(21-12)9-17-15(20)18(2)10-11-6-4-5-7-13(11)19/h8,11,13,19H,3-7,9-10H2,1-2H3,(H,17,20). The van der Waals surface area contributed by atoms with Gasteiger partial charge >= 0.3 is 6.03 Å². The van der Waals surface area contributed by atoms with Crippen LogP contribution in [0.1, 0.15) is 42.5 Å². The number of nitrogens with one attached hydrogen (secondary N) is 1. The van der Waals surface area contributed by atoms with Gasteiger partial charge in [0.05, 0.1) is 12.6 Å². The summed E-state index contributed by atoms with van der Waals surface area (Å²) in [4.78, 5) is 19.3. The third-order valence-corrected chi connectivity index (χ3v) is 5.21. The van der Waals surface area contributed by atoms with E-state index in [0.29, 0.717) is 13.1 Å². The number of hydrogen-bond acceptors (Lipinski definition) is 4. The first-order chi connectivity index (χ1) is 10.1. The van der Waals surface area contributed by atoms with Crippen molar-refractivity contribution < 1.29 is 9.90 Å². The van der Waals surface area contributed by atoms with Crippen molar-refractivity contribution in [2.24, 2.45) is 5.92 Å². The van der Waals surface area contributed by atoms with E-state index in [0.717, 1.165) is 37.1 Å². The summed E-state index contributed by atoms with van der Waals surface area (Å²) in [5.41, 5.74) is 0. The number of hydrogen-bond donors (Lipinski definition) is 2. The van der Waals surface area contributed by atoms with E-state index in [1.165, 1.54) is 4.88 Å². The van der Waals surface area contributed by atoms with Crippen molar-refractivity contribution in [2.45, 2.75) is 51.7 Å². The van der Waals surface area contributed by atoms with Gasteiger partial charge in [0, 0.05) is 30.6 Å². The molecule has 1 aliphatic rings. The fourth-order valence-corrected chi connectivity index (χ4v) is 3.52. The van der Waals surface area contributed by atoms with Gasteiger partial charge < -0.3 is 15.3 Å². The number of carbonyl (C=O) groups is 1. The number of amides is 2. The van der Waals surface area contributed by atoms with Gasteiger partial charge in [0.1, 0.15) is 5.01 Å². The molecule has 1 aliphatic carbocycles. The van der Waals surface area contributed by atoms with Crippen LogP contribution in [0.3, 0.4) is 0 Å². The lowest BCUT2D eigenvalue weighted by Crippen LogP contribution is -2.42. The van der Waals surface area contributed by atoms with E-state index in [9.17, 15) is 9.90 Å². The highest BCUT2D eigenvalue weighted by Crippen LogP contribution is 2.24. The summed E-state index contributed by atoms with van der Waals surface area (Å²) in [6.45, 7) is 3.19. The van der Waals surface area contributed by atoms with Crippen molar-refractivity contribution in [3.8, 4) is 0 Å². The molecule has 6 heteroatoms. The minimum Gasteiger partial charge on any atom is -0.393 e. The minimum atomic E-state index is -0.264. The lowest BCUT2D eigenvalue weighted by atomic mass is 9.86. The van der Waals surface area contributed by atoms with Crippen LogP contribution < -0.4 is 5.32 Å². The average molecular weight is 311 g/mol. The molecule has 21 heavy (non-hydrogen) atoms. The van der Waals surface area contributed by atoms with Crippen LogP contribution in [0, 0.1) is 5.92 Å². The zero-order valence-electron chi connectivity index (χ0n) is 12.8. The first-order valence-corrected chi connectivity index (χ1v) is 8.52. The van der Waals surface area contributed by atoms with Crippen LogP contribution in [0.5, 0.6) is 0 Å². The van der Waals surface area contributed by atoms with Crippen molar-refractivity contribution in [2.75, 3.05) is 13.6 Å². The topological polar surface area (TPSA) is 65.5 Å². The Morgan fingerprint density at radius 1 is 1.52 bits per heavy atom. The number of thiazole rings is 1. The largest absolute Gasteiger partial charge is 0.393 e. The molecule has 2 rings (SSSR count). The molecule has 2 amide bonds. The maximum Gasteiger partial charge on any atom is 0.317 e. The van der Waals surface area contributed by atoms with Gasteiger partial charge in [0.15, 0.2) is 0 Å². The van der Waals surface area contributed by atoms with Gasteiger partial charge in [0.25, 0.3) is 0 Å². The van der Waals surface area contributed by atoms with Gasteiger partial charge in [-0.25, -0.2) is 9.78 Å². The molecule has 0 saturated heterocycles. The summed E-state index contributed by atoms with van der Waals surface area (Å²) in [5, 5.41) is 13.8. The highest BCUT2D eigenvalue weighted by molar-refractivity contribution is 7.11. The Bertz CT molecular complexity index is 464. The van der Waals surface area contributed by atoms with Gasteiger partial charge in [-0.15, -0.1) is 11.3 Å². The van der Waals surface area contributed by atoms with Crippen molar-refractivity contribution in [3.63, 3.8) is 0 Å². The molecule has 2 unspecified atom stereocenters. The molecule has 0 spiro atoms. The lowest BCUT2D eigenvalue weighted by Gasteiger charge is -2.31. The molecule has 5 nitrogen and oxygen atoms in total. The van der Waals surface area contributed by atoms with Crippen molar-refractivity contribution in [1.29, 1.82) is 0 Å². The molecular weight excluding hydrogens is 286 g/mol. The van der Waals surface area contributed by atoms with E-state index < -0.39 is 0 Å². The van der Waals surface area contributed by atoms with Crippen molar-refractivity contribution in [1.82, 2.24) is 15.2 Å². The smallest absolute Gasteiger partial charge is 0.317 e. The van der Waals surface area contributed by atoms with Crippen molar-refractivity contribution >= 4 is 17.4 Å². The lowest BCUT2D eigenvalue weighted by molar-refractivity contribution is 0.0565. The molecule has 0 aromatic carbocycles. The number of nitrogens with zero attached hydrogens (tertiary/aromatic N) is 2. The Morgan fingerprint density at radius 3 is 2.95 bits per heavy atom. The number of urea groups is 1. The second kappa shape index (κ2) is 7.75. The number of rotatable bonds is 5. The second-order valence-electron chi connectivity index (χ2n) is 5.72. The zero-order valence-corrected chi connectivity index (χ0v) is 13.7. The summed E-state index contributed by atoms with van der Waals surface area (Å²) in [7, 11) is 1.79. The van der Waals surface area contributed by atoms with Crippen LogP contribution in [0.25, 0.3) is 0 Å². The zero-order chi connectivity index (χ0) is 15.2. The quantitative estimate of drug-likeness (QED) is 0.877. The third-order valence-electron chi connectivity index (χ3n) is 4.06. The molecule has 2 atom stereocenters. The predicted molar refractivity (Wildman–Crippen MR) is 84.3 cm³/mol. The normalized spacial score (nSPS) is 22.0. The number of carbonyl (C=O) groups excluding carboxylic acids is 1. The van der Waals surface area contributed by atoms with E-state index in [1.807, 2.05) is 6.20 Å². The van der Waals surface area contributed by atoms with Crippen LogP contribution in [0.15, 0.2) is 6.20 Å². The summed E-state index contributed by atoms with van der Waals surface area (Å²) >= 11 is 1.64. The van der Waals surface area contributed by atoms with Crippen LogP contribution in [0.4, 0.5) is 4.79 Å². The molecule has 0 radical (unpaired) electrons. The third kappa shape index (κ3) is 4.68. The molecule has 0 aliphatic heterocycles. The first-order valence-electron chi connectivity index (χ1n) is 7.70. The van der Waals surface area contributed by atoms with E-state index >= 15 is 0 Å². The number of aromatic nitrogens is 1. The fraction of sp³-hybridized carbons (Fsp3) is 0.733.